The smallest absolute Gasteiger partial charge is 0.225 e. The summed E-state index contributed by atoms with van der Waals surface area (Å²) in [6.07, 6.45) is 7.62. The molecule has 3 rings (SSSR count). The van der Waals surface area contributed by atoms with Crippen LogP contribution in [0.2, 0.25) is 0 Å². The van der Waals surface area contributed by atoms with Crippen LogP contribution in [-0.2, 0) is 11.3 Å². The maximum Gasteiger partial charge on any atom is 0.225 e. The highest BCUT2D eigenvalue weighted by molar-refractivity contribution is 5.54. The Hall–Kier alpha value is -1.99. The first-order valence-corrected chi connectivity index (χ1v) is 8.76. The first kappa shape index (κ1) is 17.8. The summed E-state index contributed by atoms with van der Waals surface area (Å²) in [5.41, 5.74) is 1.09. The number of hydrogen-bond acceptors (Lipinski definition) is 6. The largest absolute Gasteiger partial charge is 0.378 e. The second-order valence-electron chi connectivity index (χ2n) is 7.65. The van der Waals surface area contributed by atoms with Gasteiger partial charge in [0.25, 0.3) is 0 Å². The highest BCUT2D eigenvalue weighted by Crippen LogP contribution is 2.24. The van der Waals surface area contributed by atoms with Gasteiger partial charge < -0.3 is 19.1 Å². The molecule has 7 nitrogen and oxygen atoms in total. The van der Waals surface area contributed by atoms with Crippen molar-refractivity contribution in [2.24, 2.45) is 5.41 Å². The molecular formula is C18H28N6O. The molecule has 0 N–H and O–H groups in total. The van der Waals surface area contributed by atoms with Crippen molar-refractivity contribution in [1.82, 2.24) is 24.4 Å². The fourth-order valence-corrected chi connectivity index (χ4v) is 3.43. The van der Waals surface area contributed by atoms with E-state index in [0.717, 1.165) is 56.7 Å². The molecule has 0 spiro atoms. The van der Waals surface area contributed by atoms with Gasteiger partial charge in [0.1, 0.15) is 5.82 Å². The summed E-state index contributed by atoms with van der Waals surface area (Å²) in [7, 11) is 4.21. The number of imidazole rings is 1. The third-order valence-electron chi connectivity index (χ3n) is 4.25. The molecule has 1 aliphatic heterocycles. The van der Waals surface area contributed by atoms with E-state index in [9.17, 15) is 0 Å². The minimum atomic E-state index is 0.146. The summed E-state index contributed by atoms with van der Waals surface area (Å²) in [4.78, 5) is 18.0. The summed E-state index contributed by atoms with van der Waals surface area (Å²) >= 11 is 0. The third kappa shape index (κ3) is 4.55. The predicted molar refractivity (Wildman–Crippen MR) is 98.6 cm³/mol. The van der Waals surface area contributed by atoms with Gasteiger partial charge in [-0.25, -0.2) is 15.0 Å². The lowest BCUT2D eigenvalue weighted by Gasteiger charge is -2.29. The van der Waals surface area contributed by atoms with E-state index in [4.69, 9.17) is 4.74 Å². The Bertz CT molecular complexity index is 673. The number of anilines is 1. The van der Waals surface area contributed by atoms with Crippen LogP contribution in [0.5, 0.6) is 0 Å². The SMILES string of the molecule is CN(C)CC(C)(C)Cn1ccnc1-c1cnc(N2CCOCC2)nc1. The standard InChI is InChI=1S/C18H28N6O/c1-18(2,13-22(3)4)14-24-6-5-19-16(24)15-11-20-17(21-12-15)23-7-9-25-10-8-23/h5-6,11-12H,7-10,13-14H2,1-4H3. The molecule has 0 aromatic carbocycles. The van der Waals surface area contributed by atoms with E-state index < -0.39 is 0 Å². The van der Waals surface area contributed by atoms with Gasteiger partial charge in [0.2, 0.25) is 5.95 Å². The van der Waals surface area contributed by atoms with Gasteiger partial charge in [0.15, 0.2) is 0 Å². The van der Waals surface area contributed by atoms with Crippen LogP contribution in [0.4, 0.5) is 5.95 Å². The summed E-state index contributed by atoms with van der Waals surface area (Å²) < 4.78 is 7.57. The molecule has 136 valence electrons. The number of rotatable bonds is 6. The highest BCUT2D eigenvalue weighted by Gasteiger charge is 2.22. The van der Waals surface area contributed by atoms with E-state index in [1.54, 1.807) is 0 Å². The van der Waals surface area contributed by atoms with Crippen molar-refractivity contribution in [1.29, 1.82) is 0 Å². The van der Waals surface area contributed by atoms with Gasteiger partial charge in [0.05, 0.1) is 18.8 Å². The summed E-state index contributed by atoms with van der Waals surface area (Å²) in [6, 6.07) is 0. The van der Waals surface area contributed by atoms with Gasteiger partial charge >= 0.3 is 0 Å². The Morgan fingerprint density at radius 2 is 1.80 bits per heavy atom. The lowest BCUT2D eigenvalue weighted by molar-refractivity contribution is 0.122. The molecule has 0 saturated carbocycles. The first-order valence-electron chi connectivity index (χ1n) is 8.76. The number of ether oxygens (including phenoxy) is 1. The molecule has 0 unspecified atom stereocenters. The topological polar surface area (TPSA) is 59.3 Å². The van der Waals surface area contributed by atoms with Crippen LogP contribution in [0.1, 0.15) is 13.8 Å². The summed E-state index contributed by atoms with van der Waals surface area (Å²) in [5, 5.41) is 0. The molecule has 0 atom stereocenters. The molecule has 2 aromatic rings. The predicted octanol–water partition coefficient (Wildman–Crippen LogP) is 1.76. The molecule has 1 saturated heterocycles. The lowest BCUT2D eigenvalue weighted by atomic mass is 9.92. The van der Waals surface area contributed by atoms with E-state index in [1.807, 2.05) is 24.8 Å². The Morgan fingerprint density at radius 3 is 2.44 bits per heavy atom. The van der Waals surface area contributed by atoms with Crippen LogP contribution in [0.25, 0.3) is 11.4 Å². The summed E-state index contributed by atoms with van der Waals surface area (Å²) in [6.45, 7) is 9.60. The molecule has 2 aromatic heterocycles. The Balaban J connectivity index is 1.75. The molecule has 3 heterocycles. The number of morpholine rings is 1. The van der Waals surface area contributed by atoms with Crippen LogP contribution in [0.15, 0.2) is 24.8 Å². The van der Waals surface area contributed by atoms with E-state index in [0.29, 0.717) is 0 Å². The quantitative estimate of drug-likeness (QED) is 0.796. The van der Waals surface area contributed by atoms with Crippen molar-refractivity contribution < 1.29 is 4.74 Å². The van der Waals surface area contributed by atoms with Crippen LogP contribution in [0.3, 0.4) is 0 Å². The molecule has 0 bridgehead atoms. The van der Waals surface area contributed by atoms with Gasteiger partial charge in [0, 0.05) is 51.0 Å². The minimum absolute atomic E-state index is 0.146. The van der Waals surface area contributed by atoms with E-state index in [-0.39, 0.29) is 5.41 Å². The third-order valence-corrected chi connectivity index (χ3v) is 4.25. The monoisotopic (exact) mass is 344 g/mol. The molecule has 25 heavy (non-hydrogen) atoms. The molecule has 0 radical (unpaired) electrons. The van der Waals surface area contributed by atoms with Crippen molar-refractivity contribution in [3.8, 4) is 11.4 Å². The average Bonchev–Trinajstić information content (AvgIpc) is 3.02. The fourth-order valence-electron chi connectivity index (χ4n) is 3.43. The average molecular weight is 344 g/mol. The Morgan fingerprint density at radius 1 is 1.12 bits per heavy atom. The van der Waals surface area contributed by atoms with Gasteiger partial charge in [-0.3, -0.25) is 0 Å². The maximum absolute atomic E-state index is 5.38. The van der Waals surface area contributed by atoms with Gasteiger partial charge in [-0.15, -0.1) is 0 Å². The minimum Gasteiger partial charge on any atom is -0.378 e. The van der Waals surface area contributed by atoms with Gasteiger partial charge in [-0.2, -0.15) is 0 Å². The number of hydrogen-bond donors (Lipinski definition) is 0. The summed E-state index contributed by atoms with van der Waals surface area (Å²) in [5.74, 6) is 1.68. The molecule has 0 amide bonds. The van der Waals surface area contributed by atoms with Crippen molar-refractivity contribution in [3.05, 3.63) is 24.8 Å². The van der Waals surface area contributed by atoms with E-state index >= 15 is 0 Å². The van der Waals surface area contributed by atoms with Crippen molar-refractivity contribution in [2.75, 3.05) is 51.8 Å². The van der Waals surface area contributed by atoms with E-state index in [2.05, 4.69) is 57.3 Å². The first-order chi connectivity index (χ1) is 11.9. The zero-order chi connectivity index (χ0) is 17.9. The zero-order valence-corrected chi connectivity index (χ0v) is 15.6. The van der Waals surface area contributed by atoms with Crippen LogP contribution in [-0.4, -0.2) is 71.4 Å². The molecule has 0 aliphatic carbocycles. The van der Waals surface area contributed by atoms with Gasteiger partial charge in [-0.1, -0.05) is 13.8 Å². The van der Waals surface area contributed by atoms with Crippen LogP contribution in [0, 0.1) is 5.41 Å². The van der Waals surface area contributed by atoms with Crippen molar-refractivity contribution in [2.45, 2.75) is 20.4 Å². The second-order valence-corrected chi connectivity index (χ2v) is 7.65. The lowest BCUT2D eigenvalue weighted by Crippen LogP contribution is -2.37. The van der Waals surface area contributed by atoms with Crippen LogP contribution >= 0.6 is 0 Å². The number of aromatic nitrogens is 4. The zero-order valence-electron chi connectivity index (χ0n) is 15.6. The molecule has 1 fully saturated rings. The fraction of sp³-hybridized carbons (Fsp3) is 0.611. The highest BCUT2D eigenvalue weighted by atomic mass is 16.5. The molecule has 7 heteroatoms. The Kier molecular flexibility index (Phi) is 5.34. The van der Waals surface area contributed by atoms with Gasteiger partial charge in [-0.05, 0) is 19.5 Å². The van der Waals surface area contributed by atoms with Crippen molar-refractivity contribution in [3.63, 3.8) is 0 Å². The Labute approximate surface area is 149 Å². The number of nitrogens with zero attached hydrogens (tertiary/aromatic N) is 6. The molecule has 1 aliphatic rings. The van der Waals surface area contributed by atoms with E-state index in [1.165, 1.54) is 0 Å². The van der Waals surface area contributed by atoms with Crippen molar-refractivity contribution >= 4 is 5.95 Å². The van der Waals surface area contributed by atoms with Crippen LogP contribution < -0.4 is 4.90 Å². The normalized spacial score (nSPS) is 15.8. The maximum atomic E-state index is 5.38. The second kappa shape index (κ2) is 7.49. The molecular weight excluding hydrogens is 316 g/mol.